The molecule has 2 aromatic carbocycles. The van der Waals surface area contributed by atoms with Crippen molar-refractivity contribution in [3.8, 4) is 0 Å². The summed E-state index contributed by atoms with van der Waals surface area (Å²) in [5.41, 5.74) is -1.33. The molecule has 0 heterocycles. The predicted molar refractivity (Wildman–Crippen MR) is 60.7 cm³/mol. The fourth-order valence-electron chi connectivity index (χ4n) is 1.73. The molecule has 0 spiro atoms. The highest BCUT2D eigenvalue weighted by Gasteiger charge is 2.29. The minimum absolute atomic E-state index is 0.172. The lowest BCUT2D eigenvalue weighted by Gasteiger charge is -2.07. The summed E-state index contributed by atoms with van der Waals surface area (Å²) in [5.74, 6) is -13.0. The summed E-state index contributed by atoms with van der Waals surface area (Å²) in [5, 5.41) is 0. The van der Waals surface area contributed by atoms with Crippen molar-refractivity contribution >= 4 is 5.78 Å². The van der Waals surface area contributed by atoms with E-state index in [9.17, 15) is 31.1 Å². The van der Waals surface area contributed by atoms with Gasteiger partial charge in [0.15, 0.2) is 29.1 Å². The molecule has 21 heavy (non-hydrogen) atoms. The first-order chi connectivity index (χ1) is 9.82. The van der Waals surface area contributed by atoms with Crippen molar-refractivity contribution in [2.45, 2.75) is 6.42 Å². The van der Waals surface area contributed by atoms with E-state index in [-0.39, 0.29) is 5.56 Å². The summed E-state index contributed by atoms with van der Waals surface area (Å²) in [7, 11) is 0. The van der Waals surface area contributed by atoms with E-state index in [2.05, 4.69) is 0 Å². The average molecular weight is 304 g/mol. The molecule has 0 radical (unpaired) electrons. The molecule has 0 atom stereocenters. The Morgan fingerprint density at radius 2 is 1.14 bits per heavy atom. The summed E-state index contributed by atoms with van der Waals surface area (Å²) in [6.45, 7) is 0. The summed E-state index contributed by atoms with van der Waals surface area (Å²) in [6.07, 6.45) is -0.626. The van der Waals surface area contributed by atoms with Gasteiger partial charge in [0, 0.05) is 6.42 Å². The number of benzene rings is 2. The Balaban J connectivity index is 2.42. The van der Waals surface area contributed by atoms with Gasteiger partial charge in [0.25, 0.3) is 0 Å². The highest BCUT2D eigenvalue weighted by Crippen LogP contribution is 2.24. The van der Waals surface area contributed by atoms with Crippen LogP contribution in [0.5, 0.6) is 0 Å². The zero-order chi connectivity index (χ0) is 15.7. The fourth-order valence-corrected chi connectivity index (χ4v) is 1.73. The average Bonchev–Trinajstić information content (AvgIpc) is 2.46. The Hall–Kier alpha value is -2.31. The normalized spacial score (nSPS) is 10.8. The molecule has 2 rings (SSSR count). The zero-order valence-electron chi connectivity index (χ0n) is 10.2. The minimum Gasteiger partial charge on any atom is -0.294 e. The Kier molecular flexibility index (Phi) is 4.02. The van der Waals surface area contributed by atoms with Crippen LogP contribution < -0.4 is 0 Å². The molecule has 0 aliphatic heterocycles. The van der Waals surface area contributed by atoms with Crippen molar-refractivity contribution in [3.63, 3.8) is 0 Å². The molecule has 0 fully saturated rings. The van der Waals surface area contributed by atoms with Gasteiger partial charge in [0.2, 0.25) is 5.82 Å². The van der Waals surface area contributed by atoms with E-state index in [0.29, 0.717) is 0 Å². The van der Waals surface area contributed by atoms with Crippen LogP contribution in [0.4, 0.5) is 26.3 Å². The molecule has 0 saturated heterocycles. The van der Waals surface area contributed by atoms with Gasteiger partial charge in [-0.2, -0.15) is 0 Å². The van der Waals surface area contributed by atoms with Gasteiger partial charge in [-0.3, -0.25) is 4.79 Å². The molecule has 110 valence electrons. The number of hydrogen-bond acceptors (Lipinski definition) is 1. The number of halogens is 6. The molecule has 0 aromatic heterocycles. The van der Waals surface area contributed by atoms with Gasteiger partial charge in [-0.25, -0.2) is 26.3 Å². The van der Waals surface area contributed by atoms with Crippen molar-refractivity contribution in [2.75, 3.05) is 0 Å². The van der Waals surface area contributed by atoms with Crippen LogP contribution in [-0.2, 0) is 6.42 Å². The molecule has 2 aromatic rings. The third kappa shape index (κ3) is 2.76. The largest absolute Gasteiger partial charge is 0.294 e. The topological polar surface area (TPSA) is 17.1 Å². The molecule has 0 aliphatic rings. The number of Topliss-reactive ketones (excluding diaryl/α,β-unsaturated/α-hetero) is 1. The van der Waals surface area contributed by atoms with Crippen molar-refractivity contribution < 1.29 is 31.1 Å². The van der Waals surface area contributed by atoms with Crippen LogP contribution in [0, 0.1) is 34.9 Å². The van der Waals surface area contributed by atoms with Crippen molar-refractivity contribution in [1.29, 1.82) is 0 Å². The number of ketones is 1. The molecular formula is C14H6F6O. The van der Waals surface area contributed by atoms with E-state index in [1.165, 1.54) is 12.1 Å². The van der Waals surface area contributed by atoms with E-state index in [0.717, 1.165) is 12.1 Å². The Labute approximate surface area is 114 Å². The second-order valence-electron chi connectivity index (χ2n) is 4.17. The van der Waals surface area contributed by atoms with Crippen LogP contribution in [0.1, 0.15) is 15.9 Å². The molecule has 0 unspecified atom stereocenters. The second kappa shape index (κ2) is 5.59. The molecule has 0 saturated carbocycles. The number of carbonyl (C=O) groups is 1. The van der Waals surface area contributed by atoms with Crippen molar-refractivity contribution in [1.82, 2.24) is 0 Å². The summed E-state index contributed by atoms with van der Waals surface area (Å²) >= 11 is 0. The SMILES string of the molecule is O=C(Cc1ccc(F)cc1)c1c(F)c(F)c(F)c(F)c1F. The smallest absolute Gasteiger partial charge is 0.200 e. The molecule has 0 bridgehead atoms. The molecule has 7 heteroatoms. The maximum atomic E-state index is 13.4. The Bertz CT molecular complexity index is 679. The molecule has 0 aliphatic carbocycles. The lowest BCUT2D eigenvalue weighted by atomic mass is 10.0. The van der Waals surface area contributed by atoms with Crippen molar-refractivity contribution in [3.05, 3.63) is 70.3 Å². The van der Waals surface area contributed by atoms with Crippen LogP contribution in [-0.4, -0.2) is 5.78 Å². The third-order valence-electron chi connectivity index (χ3n) is 2.77. The van der Waals surface area contributed by atoms with Gasteiger partial charge in [0.1, 0.15) is 5.82 Å². The molecular weight excluding hydrogens is 298 g/mol. The Morgan fingerprint density at radius 3 is 1.62 bits per heavy atom. The standard InChI is InChI=1S/C14H6F6O/c15-7-3-1-6(2-4-7)5-8(21)9-10(16)12(18)14(20)13(19)11(9)17/h1-4H,5H2. The number of carbonyl (C=O) groups excluding carboxylic acids is 1. The summed E-state index contributed by atoms with van der Waals surface area (Å²) in [6, 6.07) is 4.33. The lowest BCUT2D eigenvalue weighted by Crippen LogP contribution is -2.14. The number of rotatable bonds is 3. The van der Waals surface area contributed by atoms with Crippen LogP contribution in [0.3, 0.4) is 0 Å². The highest BCUT2D eigenvalue weighted by molar-refractivity contribution is 5.98. The van der Waals surface area contributed by atoms with E-state index in [1.807, 2.05) is 0 Å². The van der Waals surface area contributed by atoms with Crippen LogP contribution in [0.2, 0.25) is 0 Å². The molecule has 0 N–H and O–H groups in total. The maximum Gasteiger partial charge on any atom is 0.200 e. The first-order valence-corrected chi connectivity index (χ1v) is 5.62. The zero-order valence-corrected chi connectivity index (χ0v) is 10.2. The quantitative estimate of drug-likeness (QED) is 0.363. The first-order valence-electron chi connectivity index (χ1n) is 5.62. The lowest BCUT2D eigenvalue weighted by molar-refractivity contribution is 0.0981. The minimum atomic E-state index is -2.33. The molecule has 0 amide bonds. The summed E-state index contributed by atoms with van der Waals surface area (Å²) < 4.78 is 78.4. The second-order valence-corrected chi connectivity index (χ2v) is 4.17. The van der Waals surface area contributed by atoms with Gasteiger partial charge >= 0.3 is 0 Å². The van der Waals surface area contributed by atoms with Gasteiger partial charge in [0.05, 0.1) is 5.56 Å². The number of hydrogen-bond donors (Lipinski definition) is 0. The summed E-state index contributed by atoms with van der Waals surface area (Å²) in [4.78, 5) is 11.7. The van der Waals surface area contributed by atoms with Crippen LogP contribution in [0.15, 0.2) is 24.3 Å². The van der Waals surface area contributed by atoms with E-state index in [4.69, 9.17) is 0 Å². The van der Waals surface area contributed by atoms with E-state index < -0.39 is 52.7 Å². The predicted octanol–water partition coefficient (Wildman–Crippen LogP) is 3.95. The van der Waals surface area contributed by atoms with Gasteiger partial charge in [-0.05, 0) is 17.7 Å². The van der Waals surface area contributed by atoms with Gasteiger partial charge in [-0.1, -0.05) is 12.1 Å². The van der Waals surface area contributed by atoms with Crippen LogP contribution >= 0.6 is 0 Å². The van der Waals surface area contributed by atoms with Crippen molar-refractivity contribution in [2.24, 2.45) is 0 Å². The van der Waals surface area contributed by atoms with E-state index in [1.54, 1.807) is 0 Å². The van der Waals surface area contributed by atoms with Gasteiger partial charge in [-0.15, -0.1) is 0 Å². The third-order valence-corrected chi connectivity index (χ3v) is 2.77. The molecule has 1 nitrogen and oxygen atoms in total. The monoisotopic (exact) mass is 304 g/mol. The fraction of sp³-hybridized carbons (Fsp3) is 0.0714. The first kappa shape index (κ1) is 15.1. The highest BCUT2D eigenvalue weighted by atomic mass is 19.2. The van der Waals surface area contributed by atoms with Crippen LogP contribution in [0.25, 0.3) is 0 Å². The maximum absolute atomic E-state index is 13.4. The van der Waals surface area contributed by atoms with Gasteiger partial charge < -0.3 is 0 Å². The van der Waals surface area contributed by atoms with E-state index >= 15 is 0 Å². The Morgan fingerprint density at radius 1 is 0.714 bits per heavy atom.